The van der Waals surface area contributed by atoms with Crippen LogP contribution in [0.4, 0.5) is 0 Å². The zero-order valence-electron chi connectivity index (χ0n) is 7.15. The molecule has 3 heteroatoms. The van der Waals surface area contributed by atoms with Crippen molar-refractivity contribution in [1.82, 2.24) is 4.98 Å². The molecule has 2 aromatic rings. The number of hydrogen-bond donors (Lipinski definition) is 0. The third-order valence-electron chi connectivity index (χ3n) is 1.91. The summed E-state index contributed by atoms with van der Waals surface area (Å²) in [6.07, 6.45) is 1.74. The Morgan fingerprint density at radius 2 is 2.15 bits per heavy atom. The van der Waals surface area contributed by atoms with Crippen molar-refractivity contribution in [3.8, 4) is 5.75 Å². The predicted molar refractivity (Wildman–Crippen MR) is 48.8 cm³/mol. The van der Waals surface area contributed by atoms with Crippen molar-refractivity contribution in [2.75, 3.05) is 7.11 Å². The van der Waals surface area contributed by atoms with Crippen LogP contribution in [0.25, 0.3) is 10.9 Å². The van der Waals surface area contributed by atoms with Gasteiger partial charge in [0.05, 0.1) is 12.5 Å². The van der Waals surface area contributed by atoms with Gasteiger partial charge in [-0.2, -0.15) is 0 Å². The maximum absolute atomic E-state index is 5.17. The minimum atomic E-state index is 0.768. The summed E-state index contributed by atoms with van der Waals surface area (Å²) in [7, 11) is 1.63. The van der Waals surface area contributed by atoms with Gasteiger partial charge in [-0.25, -0.2) is 0 Å². The Kier molecular flexibility index (Phi) is 2.07. The number of benzene rings is 1. The van der Waals surface area contributed by atoms with Gasteiger partial charge in [-0.3, -0.25) is 4.98 Å². The number of halogens is 1. The van der Waals surface area contributed by atoms with E-state index in [1.807, 2.05) is 24.3 Å². The zero-order chi connectivity index (χ0) is 9.26. The van der Waals surface area contributed by atoms with Crippen molar-refractivity contribution in [3.63, 3.8) is 0 Å². The molecule has 2 rings (SSSR count). The highest BCUT2D eigenvalue weighted by atomic mass is 35.5. The molecule has 0 radical (unpaired) electrons. The quantitative estimate of drug-likeness (QED) is 0.692. The lowest BCUT2D eigenvalue weighted by Gasteiger charge is -2.02. The normalized spacial score (nSPS) is 10.3. The molecule has 1 aromatic carbocycles. The van der Waals surface area contributed by atoms with E-state index in [4.69, 9.17) is 16.3 Å². The fraction of sp³-hybridized carbons (Fsp3) is 0.100. The van der Waals surface area contributed by atoms with Gasteiger partial charge in [0, 0.05) is 12.3 Å². The number of ether oxygens (including phenoxy) is 1. The second-order valence-corrected chi connectivity index (χ2v) is 3.11. The van der Waals surface area contributed by atoms with Gasteiger partial charge < -0.3 is 4.74 Å². The van der Waals surface area contributed by atoms with E-state index in [9.17, 15) is 0 Å². The Balaban J connectivity index is 2.84. The molecule has 0 saturated heterocycles. The molecular formula is C10H9ClNO+. The molecule has 0 spiro atoms. The third-order valence-corrected chi connectivity index (χ3v) is 2.27. The van der Waals surface area contributed by atoms with Crippen molar-refractivity contribution >= 4 is 10.9 Å². The van der Waals surface area contributed by atoms with Crippen molar-refractivity contribution in [1.29, 1.82) is 0 Å². The summed E-state index contributed by atoms with van der Waals surface area (Å²) in [5, 5.41) is 1.78. The lowest BCUT2D eigenvalue weighted by molar-refractivity contribution is -0.286. The number of fused-ring (bicyclic) bond motifs is 1. The monoisotopic (exact) mass is 194 g/mol. The van der Waals surface area contributed by atoms with E-state index in [2.05, 4.69) is 4.98 Å². The molecule has 0 bridgehead atoms. The van der Waals surface area contributed by atoms with E-state index in [-0.39, 0.29) is 0 Å². The highest BCUT2D eigenvalue weighted by Gasteiger charge is 2.09. The van der Waals surface area contributed by atoms with Gasteiger partial charge in [-0.15, -0.1) is 0 Å². The number of hydrogen-bond acceptors (Lipinski definition) is 2. The second-order valence-electron chi connectivity index (χ2n) is 2.67. The minimum absolute atomic E-state index is 0.768. The van der Waals surface area contributed by atoms with Gasteiger partial charge in [0.1, 0.15) is 11.3 Å². The molecule has 0 atom stereocenters. The first-order chi connectivity index (χ1) is 6.33. The van der Waals surface area contributed by atoms with Crippen LogP contribution in [0, 0.1) is 11.6 Å². The number of methoxy groups -OCH3 is 1. The van der Waals surface area contributed by atoms with Gasteiger partial charge in [-0.1, -0.05) is 0 Å². The number of nitrogens with zero attached hydrogens (tertiary/aromatic N) is 1. The number of rotatable bonds is 1. The molecule has 0 aliphatic heterocycles. The Bertz CT molecular complexity index is 442. The summed E-state index contributed by atoms with van der Waals surface area (Å²) in [6.45, 7) is 0. The maximum atomic E-state index is 5.17. The van der Waals surface area contributed by atoms with Crippen molar-refractivity contribution in [3.05, 3.63) is 35.5 Å². The van der Waals surface area contributed by atoms with Gasteiger partial charge in [-0.05, 0) is 18.2 Å². The van der Waals surface area contributed by atoms with Crippen LogP contribution in [-0.4, -0.2) is 12.1 Å². The van der Waals surface area contributed by atoms with Crippen LogP contribution in [0.2, 0.25) is 5.02 Å². The lowest BCUT2D eigenvalue weighted by atomic mass is 10.2. The van der Waals surface area contributed by atoms with Gasteiger partial charge in [0.15, 0.2) is 11.6 Å². The summed E-state index contributed by atoms with van der Waals surface area (Å²) in [6, 6.07) is 7.53. The van der Waals surface area contributed by atoms with Gasteiger partial charge in [0.25, 0.3) is 0 Å². The fourth-order valence-electron chi connectivity index (χ4n) is 1.29. The first-order valence-corrected chi connectivity index (χ1v) is 4.32. The second kappa shape index (κ2) is 3.23. The molecule has 0 fully saturated rings. The van der Waals surface area contributed by atoms with E-state index in [1.54, 1.807) is 13.3 Å². The first kappa shape index (κ1) is 8.32. The summed E-state index contributed by atoms with van der Waals surface area (Å²) < 4.78 is 5.17. The zero-order valence-corrected chi connectivity index (χ0v) is 7.97. The van der Waals surface area contributed by atoms with E-state index in [1.165, 1.54) is 0 Å². The maximum Gasteiger partial charge on any atom is 0.235 e. The molecular weight excluding hydrogens is 186 g/mol. The summed E-state index contributed by atoms with van der Waals surface area (Å²) >= 11 is 5.17. The van der Waals surface area contributed by atoms with Crippen molar-refractivity contribution < 1.29 is 16.3 Å². The Labute approximate surface area is 81.1 Å². The van der Waals surface area contributed by atoms with Crippen LogP contribution in [0.15, 0.2) is 30.5 Å². The molecule has 66 valence electrons. The lowest BCUT2D eigenvalue weighted by Crippen LogP contribution is -1.87. The topological polar surface area (TPSA) is 22.1 Å². The van der Waals surface area contributed by atoms with Crippen molar-refractivity contribution in [2.24, 2.45) is 0 Å². The molecule has 0 aliphatic rings. The standard InChI is InChI=1S/C10H9ClNO/c1-13-9-5-4-8(11)7-3-2-6-12-10(7)9/h2-6,11H,1H3/q+1. The first-order valence-electron chi connectivity index (χ1n) is 3.91. The summed E-state index contributed by atoms with van der Waals surface area (Å²) in [4.78, 5) is 4.22. The van der Waals surface area contributed by atoms with Crippen LogP contribution in [-0.2, 0) is 0 Å². The van der Waals surface area contributed by atoms with E-state index < -0.39 is 0 Å². The molecule has 0 amide bonds. The molecule has 0 N–H and O–H groups in total. The third kappa shape index (κ3) is 1.33. The average molecular weight is 195 g/mol. The highest BCUT2D eigenvalue weighted by molar-refractivity contribution is 5.86. The average Bonchev–Trinajstić information content (AvgIpc) is 2.19. The SMILES string of the molecule is COc1ccc([ClH+])c2cccnc12. The summed E-state index contributed by atoms with van der Waals surface area (Å²) in [5.74, 6) is 0.768. The number of aromatic nitrogens is 1. The molecule has 0 saturated carbocycles. The van der Waals surface area contributed by atoms with Gasteiger partial charge in [0.2, 0.25) is 5.02 Å². The van der Waals surface area contributed by atoms with Crippen LogP contribution in [0.1, 0.15) is 0 Å². The van der Waals surface area contributed by atoms with Crippen molar-refractivity contribution in [2.45, 2.75) is 0 Å². The smallest absolute Gasteiger partial charge is 0.235 e. The summed E-state index contributed by atoms with van der Waals surface area (Å²) in [5.41, 5.74) is 0.831. The fourth-order valence-corrected chi connectivity index (χ4v) is 1.52. The molecule has 0 unspecified atom stereocenters. The van der Waals surface area contributed by atoms with Crippen LogP contribution in [0.5, 0.6) is 5.75 Å². The molecule has 13 heavy (non-hydrogen) atoms. The Morgan fingerprint density at radius 3 is 2.92 bits per heavy atom. The highest BCUT2D eigenvalue weighted by Crippen LogP contribution is 2.26. The van der Waals surface area contributed by atoms with Crippen LogP contribution >= 0.6 is 0 Å². The van der Waals surface area contributed by atoms with Crippen LogP contribution in [0.3, 0.4) is 0 Å². The largest absolute Gasteiger partial charge is 0.494 e. The molecule has 1 aromatic heterocycles. The molecule has 0 aliphatic carbocycles. The van der Waals surface area contributed by atoms with E-state index >= 15 is 0 Å². The predicted octanol–water partition coefficient (Wildman–Crippen LogP) is 1.94. The molecule has 1 heterocycles. The minimum Gasteiger partial charge on any atom is -0.494 e. The molecule has 2 nitrogen and oxygen atoms in total. The number of pyridine rings is 1. The van der Waals surface area contributed by atoms with Gasteiger partial charge >= 0.3 is 0 Å². The Morgan fingerprint density at radius 1 is 1.31 bits per heavy atom. The van der Waals surface area contributed by atoms with Crippen LogP contribution < -0.4 is 4.74 Å². The van der Waals surface area contributed by atoms with E-state index in [0.29, 0.717) is 0 Å². The Hall–Kier alpha value is -1.28. The van der Waals surface area contributed by atoms with E-state index in [0.717, 1.165) is 21.7 Å².